The number of nitrogens with one attached hydrogen (secondary N) is 2. The number of piperidine rings is 1. The van der Waals surface area contributed by atoms with E-state index in [9.17, 15) is 14.0 Å². The molecule has 1 saturated heterocycles. The van der Waals surface area contributed by atoms with Crippen molar-refractivity contribution in [3.8, 4) is 0 Å². The van der Waals surface area contributed by atoms with E-state index in [1.807, 2.05) is 24.3 Å². The van der Waals surface area contributed by atoms with Crippen LogP contribution in [0.25, 0.3) is 10.9 Å². The molecule has 3 aromatic rings. The Labute approximate surface area is 168 Å². The van der Waals surface area contributed by atoms with Crippen LogP contribution in [0.4, 0.5) is 15.8 Å². The lowest BCUT2D eigenvalue weighted by molar-refractivity contribution is -0.116. The van der Waals surface area contributed by atoms with Gasteiger partial charge in [0.15, 0.2) is 0 Å². The zero-order valence-corrected chi connectivity index (χ0v) is 16.2. The molecule has 2 N–H and O–H groups in total. The third kappa shape index (κ3) is 4.65. The van der Waals surface area contributed by atoms with Gasteiger partial charge in [-0.3, -0.25) is 9.59 Å². The van der Waals surface area contributed by atoms with Crippen molar-refractivity contribution in [2.45, 2.75) is 32.1 Å². The number of carbonyl (C=O) groups is 1. The molecule has 1 aliphatic heterocycles. The molecule has 1 aromatic heterocycles. The summed E-state index contributed by atoms with van der Waals surface area (Å²) in [6, 6.07) is 13.9. The van der Waals surface area contributed by atoms with Crippen LogP contribution in [-0.4, -0.2) is 24.0 Å². The highest BCUT2D eigenvalue weighted by Crippen LogP contribution is 2.22. The molecule has 2 aromatic carbocycles. The Bertz CT molecular complexity index is 1070. The molecule has 0 bridgehead atoms. The van der Waals surface area contributed by atoms with Gasteiger partial charge in [-0.15, -0.1) is 0 Å². The quantitative estimate of drug-likeness (QED) is 0.682. The van der Waals surface area contributed by atoms with Crippen molar-refractivity contribution in [1.29, 1.82) is 0 Å². The zero-order valence-electron chi connectivity index (χ0n) is 16.2. The molecule has 0 aliphatic carbocycles. The molecule has 2 heterocycles. The van der Waals surface area contributed by atoms with Crippen LogP contribution in [0.5, 0.6) is 0 Å². The van der Waals surface area contributed by atoms with Gasteiger partial charge in [0.05, 0.1) is 5.52 Å². The summed E-state index contributed by atoms with van der Waals surface area (Å²) in [4.78, 5) is 29.5. The van der Waals surface area contributed by atoms with Crippen molar-refractivity contribution in [2.24, 2.45) is 0 Å². The number of carbonyl (C=O) groups excluding carboxylic acids is 1. The van der Waals surface area contributed by atoms with E-state index in [1.54, 1.807) is 12.1 Å². The Morgan fingerprint density at radius 2 is 1.79 bits per heavy atom. The number of hydrogen-bond acceptors (Lipinski definition) is 3. The van der Waals surface area contributed by atoms with Crippen LogP contribution in [-0.2, 0) is 11.2 Å². The summed E-state index contributed by atoms with van der Waals surface area (Å²) in [6.07, 6.45) is 4.26. The van der Waals surface area contributed by atoms with E-state index in [0.29, 0.717) is 17.5 Å². The van der Waals surface area contributed by atoms with Gasteiger partial charge in [-0.05, 0) is 79.6 Å². The molecule has 150 valence electrons. The van der Waals surface area contributed by atoms with E-state index in [1.165, 1.54) is 37.1 Å². The monoisotopic (exact) mass is 393 g/mol. The Morgan fingerprint density at radius 1 is 1.03 bits per heavy atom. The molecule has 0 radical (unpaired) electrons. The minimum absolute atomic E-state index is 0.144. The molecule has 6 heteroatoms. The number of amides is 1. The summed E-state index contributed by atoms with van der Waals surface area (Å²) in [5.41, 5.74) is 2.61. The SMILES string of the molecule is O=C(CCc1cc2ccc(F)cc2[nH]c1=O)Nc1ccc(N2CCCCC2)cc1. The molecule has 4 rings (SSSR count). The second kappa shape index (κ2) is 8.47. The first kappa shape index (κ1) is 19.2. The maximum Gasteiger partial charge on any atom is 0.251 e. The van der Waals surface area contributed by atoms with E-state index in [0.717, 1.165) is 24.2 Å². The summed E-state index contributed by atoms with van der Waals surface area (Å²) in [5.74, 6) is -0.541. The van der Waals surface area contributed by atoms with Crippen LogP contribution in [0.3, 0.4) is 0 Å². The fourth-order valence-electron chi connectivity index (χ4n) is 3.78. The summed E-state index contributed by atoms with van der Waals surface area (Å²) in [7, 11) is 0. The second-order valence-corrected chi connectivity index (χ2v) is 7.50. The van der Waals surface area contributed by atoms with Crippen molar-refractivity contribution >= 4 is 28.2 Å². The van der Waals surface area contributed by atoms with E-state index < -0.39 is 5.82 Å². The second-order valence-electron chi connectivity index (χ2n) is 7.50. The van der Waals surface area contributed by atoms with Crippen molar-refractivity contribution in [2.75, 3.05) is 23.3 Å². The van der Waals surface area contributed by atoms with Gasteiger partial charge in [-0.2, -0.15) is 0 Å². The first-order valence-corrected chi connectivity index (χ1v) is 10.0. The van der Waals surface area contributed by atoms with Gasteiger partial charge in [-0.1, -0.05) is 0 Å². The van der Waals surface area contributed by atoms with E-state index in [-0.39, 0.29) is 17.9 Å². The van der Waals surface area contributed by atoms with Gasteiger partial charge in [0.25, 0.3) is 5.56 Å². The molecule has 0 spiro atoms. The molecule has 0 unspecified atom stereocenters. The highest BCUT2D eigenvalue weighted by Gasteiger charge is 2.11. The van der Waals surface area contributed by atoms with Gasteiger partial charge < -0.3 is 15.2 Å². The van der Waals surface area contributed by atoms with Gasteiger partial charge >= 0.3 is 0 Å². The molecule has 1 fully saturated rings. The predicted octanol–water partition coefficient (Wildman–Crippen LogP) is 4.23. The number of fused-ring (bicyclic) bond motifs is 1. The molecular formula is C23H24FN3O2. The number of pyridine rings is 1. The molecule has 1 aliphatic rings. The lowest BCUT2D eigenvalue weighted by Crippen LogP contribution is -2.29. The number of aromatic nitrogens is 1. The zero-order chi connectivity index (χ0) is 20.2. The first-order valence-electron chi connectivity index (χ1n) is 10.0. The van der Waals surface area contributed by atoms with Crippen LogP contribution < -0.4 is 15.8 Å². The molecule has 1 amide bonds. The van der Waals surface area contributed by atoms with Crippen LogP contribution in [0.15, 0.2) is 53.3 Å². The van der Waals surface area contributed by atoms with Crippen LogP contribution >= 0.6 is 0 Å². The lowest BCUT2D eigenvalue weighted by atomic mass is 10.1. The minimum atomic E-state index is -0.397. The van der Waals surface area contributed by atoms with Crippen LogP contribution in [0.2, 0.25) is 0 Å². The smallest absolute Gasteiger partial charge is 0.251 e. The maximum absolute atomic E-state index is 13.3. The van der Waals surface area contributed by atoms with E-state index in [4.69, 9.17) is 0 Å². The van der Waals surface area contributed by atoms with Crippen LogP contribution in [0, 0.1) is 5.82 Å². The molecule has 0 saturated carbocycles. The lowest BCUT2D eigenvalue weighted by Gasteiger charge is -2.28. The number of anilines is 2. The summed E-state index contributed by atoms with van der Waals surface area (Å²) in [6.45, 7) is 2.16. The van der Waals surface area contributed by atoms with Crippen molar-refractivity contribution < 1.29 is 9.18 Å². The molecule has 29 heavy (non-hydrogen) atoms. The van der Waals surface area contributed by atoms with Crippen molar-refractivity contribution in [3.05, 3.63) is 70.3 Å². The fourth-order valence-corrected chi connectivity index (χ4v) is 3.78. The molecule has 0 atom stereocenters. The highest BCUT2D eigenvalue weighted by atomic mass is 19.1. The third-order valence-corrected chi connectivity index (χ3v) is 5.38. The number of nitrogens with zero attached hydrogens (tertiary/aromatic N) is 1. The maximum atomic E-state index is 13.3. The Hall–Kier alpha value is -3.15. The largest absolute Gasteiger partial charge is 0.372 e. The average Bonchev–Trinajstić information content (AvgIpc) is 2.73. The Balaban J connectivity index is 1.36. The topological polar surface area (TPSA) is 65.2 Å². The minimum Gasteiger partial charge on any atom is -0.372 e. The third-order valence-electron chi connectivity index (χ3n) is 5.38. The van der Waals surface area contributed by atoms with E-state index >= 15 is 0 Å². The van der Waals surface area contributed by atoms with Crippen LogP contribution in [0.1, 0.15) is 31.2 Å². The van der Waals surface area contributed by atoms with Crippen molar-refractivity contribution in [3.63, 3.8) is 0 Å². The van der Waals surface area contributed by atoms with Gasteiger partial charge in [0.2, 0.25) is 5.91 Å². The number of aryl methyl sites for hydroxylation is 1. The standard InChI is InChI=1S/C23H24FN3O2/c24-18-6-4-16-14-17(23(29)26-21(16)15-18)5-11-22(28)25-19-7-9-20(10-8-19)27-12-2-1-3-13-27/h4,6-10,14-15H,1-3,5,11-13H2,(H,25,28)(H,26,29). The Kier molecular flexibility index (Phi) is 5.60. The Morgan fingerprint density at radius 3 is 2.55 bits per heavy atom. The van der Waals surface area contributed by atoms with Crippen molar-refractivity contribution in [1.82, 2.24) is 4.98 Å². The normalized spacial score (nSPS) is 14.2. The number of halogens is 1. The number of H-pyrrole nitrogens is 1. The summed E-state index contributed by atoms with van der Waals surface area (Å²) in [5, 5.41) is 3.63. The number of aromatic amines is 1. The predicted molar refractivity (Wildman–Crippen MR) is 114 cm³/mol. The van der Waals surface area contributed by atoms with Gasteiger partial charge in [-0.25, -0.2) is 4.39 Å². The van der Waals surface area contributed by atoms with E-state index in [2.05, 4.69) is 15.2 Å². The summed E-state index contributed by atoms with van der Waals surface area (Å²) >= 11 is 0. The number of hydrogen-bond donors (Lipinski definition) is 2. The average molecular weight is 393 g/mol. The number of benzene rings is 2. The number of rotatable bonds is 5. The van der Waals surface area contributed by atoms with Gasteiger partial charge in [0, 0.05) is 36.4 Å². The fraction of sp³-hybridized carbons (Fsp3) is 0.304. The first-order chi connectivity index (χ1) is 14.1. The molecule has 5 nitrogen and oxygen atoms in total. The molecular weight excluding hydrogens is 369 g/mol. The van der Waals surface area contributed by atoms with Gasteiger partial charge in [0.1, 0.15) is 5.82 Å². The summed E-state index contributed by atoms with van der Waals surface area (Å²) < 4.78 is 13.3. The highest BCUT2D eigenvalue weighted by molar-refractivity contribution is 5.91.